The molecule has 0 aliphatic carbocycles. The van der Waals surface area contributed by atoms with E-state index in [0.717, 1.165) is 56.4 Å². The van der Waals surface area contributed by atoms with Gasteiger partial charge in [0.15, 0.2) is 0 Å². The number of nitrogens with two attached hydrogens (primary N) is 2. The van der Waals surface area contributed by atoms with E-state index in [4.69, 9.17) is 11.5 Å². The highest BCUT2D eigenvalue weighted by Gasteiger charge is 2.07. The number of hydrogen-bond donors (Lipinski definition) is 4. The van der Waals surface area contributed by atoms with E-state index in [1.54, 1.807) is 0 Å². The zero-order valence-corrected chi connectivity index (χ0v) is 16.4. The summed E-state index contributed by atoms with van der Waals surface area (Å²) in [6, 6.07) is 32.7. The van der Waals surface area contributed by atoms with Crippen LogP contribution < -0.4 is 11.5 Å². The van der Waals surface area contributed by atoms with Crippen molar-refractivity contribution in [3.05, 3.63) is 97.1 Å². The zero-order valence-electron chi connectivity index (χ0n) is 16.4. The van der Waals surface area contributed by atoms with Crippen LogP contribution in [0.15, 0.2) is 97.1 Å². The quantitative estimate of drug-likeness (QED) is 0.276. The predicted molar refractivity (Wildman–Crippen MR) is 126 cm³/mol. The van der Waals surface area contributed by atoms with Gasteiger partial charge in [-0.1, -0.05) is 48.5 Å². The van der Waals surface area contributed by atoms with Gasteiger partial charge >= 0.3 is 0 Å². The zero-order chi connectivity index (χ0) is 20.5. The summed E-state index contributed by atoms with van der Waals surface area (Å²) in [4.78, 5) is 6.99. The molecule has 5 aromatic rings. The SMILES string of the molecule is Nc1ccc(-c2ccc(-c3ccc(-c4ccc(-c5ccc(N)cc5)[nH]4)cc3)[nH]2)cc1. The van der Waals surface area contributed by atoms with Crippen LogP contribution in [0.2, 0.25) is 0 Å². The molecule has 4 nitrogen and oxygen atoms in total. The molecule has 30 heavy (non-hydrogen) atoms. The Kier molecular flexibility index (Phi) is 4.37. The fourth-order valence-electron chi connectivity index (χ4n) is 3.62. The van der Waals surface area contributed by atoms with E-state index in [0.29, 0.717) is 0 Å². The van der Waals surface area contributed by atoms with Gasteiger partial charge in [-0.2, -0.15) is 0 Å². The molecule has 0 aliphatic heterocycles. The molecule has 6 N–H and O–H groups in total. The van der Waals surface area contributed by atoms with E-state index in [2.05, 4.69) is 58.5 Å². The summed E-state index contributed by atoms with van der Waals surface area (Å²) in [5.41, 5.74) is 22.0. The van der Waals surface area contributed by atoms with Gasteiger partial charge in [-0.25, -0.2) is 0 Å². The third-order valence-corrected chi connectivity index (χ3v) is 5.32. The molecule has 2 heterocycles. The number of benzene rings is 3. The first-order valence-electron chi connectivity index (χ1n) is 9.86. The van der Waals surface area contributed by atoms with Crippen molar-refractivity contribution in [3.8, 4) is 45.0 Å². The second kappa shape index (κ2) is 7.33. The molecular formula is C26H22N4. The van der Waals surface area contributed by atoms with Crippen molar-refractivity contribution in [2.45, 2.75) is 0 Å². The van der Waals surface area contributed by atoms with Crippen molar-refractivity contribution >= 4 is 11.4 Å². The number of hydrogen-bond acceptors (Lipinski definition) is 2. The minimum absolute atomic E-state index is 0.769. The van der Waals surface area contributed by atoms with Gasteiger partial charge < -0.3 is 21.4 Å². The maximum atomic E-state index is 5.79. The number of nitrogens with one attached hydrogen (secondary N) is 2. The van der Waals surface area contributed by atoms with Crippen LogP contribution in [0.1, 0.15) is 0 Å². The van der Waals surface area contributed by atoms with Gasteiger partial charge in [0.25, 0.3) is 0 Å². The van der Waals surface area contributed by atoms with Crippen molar-refractivity contribution in [1.82, 2.24) is 9.97 Å². The first-order chi connectivity index (χ1) is 14.7. The lowest BCUT2D eigenvalue weighted by molar-refractivity contribution is 1.38. The molecule has 0 saturated heterocycles. The number of rotatable bonds is 4. The molecule has 146 valence electrons. The van der Waals surface area contributed by atoms with Crippen LogP contribution in [0.4, 0.5) is 11.4 Å². The van der Waals surface area contributed by atoms with E-state index in [9.17, 15) is 0 Å². The third-order valence-electron chi connectivity index (χ3n) is 5.32. The highest BCUT2D eigenvalue weighted by molar-refractivity contribution is 5.73. The van der Waals surface area contributed by atoms with Gasteiger partial charge in [0.05, 0.1) is 0 Å². The van der Waals surface area contributed by atoms with E-state index >= 15 is 0 Å². The molecule has 0 atom stereocenters. The van der Waals surface area contributed by atoms with Crippen LogP contribution in [-0.2, 0) is 0 Å². The molecule has 0 saturated carbocycles. The van der Waals surface area contributed by atoms with Crippen LogP contribution in [-0.4, -0.2) is 9.97 Å². The second-order valence-corrected chi connectivity index (χ2v) is 7.39. The molecule has 0 spiro atoms. The Hall–Kier alpha value is -4.18. The first kappa shape index (κ1) is 17.9. The van der Waals surface area contributed by atoms with Crippen molar-refractivity contribution < 1.29 is 0 Å². The van der Waals surface area contributed by atoms with Gasteiger partial charge in [0, 0.05) is 34.2 Å². The maximum absolute atomic E-state index is 5.79. The molecule has 0 aliphatic rings. The number of aromatic amines is 2. The number of nitrogen functional groups attached to an aromatic ring is 2. The average Bonchev–Trinajstić information content (AvgIpc) is 3.45. The molecular weight excluding hydrogens is 368 g/mol. The predicted octanol–water partition coefficient (Wildman–Crippen LogP) is 6.18. The van der Waals surface area contributed by atoms with E-state index in [-0.39, 0.29) is 0 Å². The molecule has 0 amide bonds. The summed E-state index contributed by atoms with van der Waals surface area (Å²) >= 11 is 0. The van der Waals surface area contributed by atoms with E-state index in [1.807, 2.05) is 48.5 Å². The second-order valence-electron chi connectivity index (χ2n) is 7.39. The molecule has 0 fully saturated rings. The summed E-state index contributed by atoms with van der Waals surface area (Å²) in [5.74, 6) is 0. The molecule has 5 rings (SSSR count). The van der Waals surface area contributed by atoms with Crippen LogP contribution in [0.25, 0.3) is 45.0 Å². The Labute approximate surface area is 175 Å². The smallest absolute Gasteiger partial charge is 0.0458 e. The lowest BCUT2D eigenvalue weighted by Crippen LogP contribution is -1.85. The van der Waals surface area contributed by atoms with E-state index < -0.39 is 0 Å². The van der Waals surface area contributed by atoms with Crippen LogP contribution in [0.5, 0.6) is 0 Å². The van der Waals surface area contributed by atoms with Crippen molar-refractivity contribution in [1.29, 1.82) is 0 Å². The largest absolute Gasteiger partial charge is 0.399 e. The molecule has 0 radical (unpaired) electrons. The molecule has 4 heteroatoms. The Morgan fingerprint density at radius 2 is 0.567 bits per heavy atom. The highest BCUT2D eigenvalue weighted by Crippen LogP contribution is 2.29. The molecule has 0 unspecified atom stereocenters. The molecule has 2 aromatic heterocycles. The van der Waals surface area contributed by atoms with Crippen molar-refractivity contribution in [3.63, 3.8) is 0 Å². The Balaban J connectivity index is 1.37. The Bertz CT molecular complexity index is 1170. The Morgan fingerprint density at radius 1 is 0.333 bits per heavy atom. The van der Waals surface area contributed by atoms with Crippen LogP contribution >= 0.6 is 0 Å². The van der Waals surface area contributed by atoms with Gasteiger partial charge in [-0.15, -0.1) is 0 Å². The molecule has 3 aromatic carbocycles. The third kappa shape index (κ3) is 3.47. The van der Waals surface area contributed by atoms with Gasteiger partial charge in [-0.3, -0.25) is 0 Å². The lowest BCUT2D eigenvalue weighted by Gasteiger charge is -2.03. The number of H-pyrrole nitrogens is 2. The Morgan fingerprint density at radius 3 is 0.833 bits per heavy atom. The summed E-state index contributed by atoms with van der Waals surface area (Å²) in [6.45, 7) is 0. The lowest BCUT2D eigenvalue weighted by atomic mass is 10.1. The summed E-state index contributed by atoms with van der Waals surface area (Å²) in [5, 5.41) is 0. The normalized spacial score (nSPS) is 10.9. The minimum Gasteiger partial charge on any atom is -0.399 e. The fraction of sp³-hybridized carbons (Fsp3) is 0. The number of anilines is 2. The van der Waals surface area contributed by atoms with Gasteiger partial charge in [-0.05, 0) is 70.8 Å². The topological polar surface area (TPSA) is 83.6 Å². The number of aromatic nitrogens is 2. The van der Waals surface area contributed by atoms with Crippen molar-refractivity contribution in [2.24, 2.45) is 0 Å². The average molecular weight is 390 g/mol. The summed E-state index contributed by atoms with van der Waals surface area (Å²) < 4.78 is 0. The van der Waals surface area contributed by atoms with Crippen LogP contribution in [0, 0.1) is 0 Å². The van der Waals surface area contributed by atoms with Gasteiger partial charge in [0.1, 0.15) is 0 Å². The molecule has 0 bridgehead atoms. The van der Waals surface area contributed by atoms with Gasteiger partial charge in [0.2, 0.25) is 0 Å². The van der Waals surface area contributed by atoms with Crippen LogP contribution in [0.3, 0.4) is 0 Å². The maximum Gasteiger partial charge on any atom is 0.0458 e. The first-order valence-corrected chi connectivity index (χ1v) is 9.86. The fourth-order valence-corrected chi connectivity index (χ4v) is 3.62. The standard InChI is InChI=1S/C26H22N4/c27-21-9-5-19(6-10-21)25-15-13-23(29-25)17-1-2-18(4-3-17)24-14-16-26(30-24)20-7-11-22(28)12-8-20/h1-16,29-30H,27-28H2. The van der Waals surface area contributed by atoms with E-state index in [1.165, 1.54) is 0 Å². The monoisotopic (exact) mass is 390 g/mol. The highest BCUT2D eigenvalue weighted by atomic mass is 14.7. The summed E-state index contributed by atoms with van der Waals surface area (Å²) in [6.07, 6.45) is 0. The minimum atomic E-state index is 0.769. The summed E-state index contributed by atoms with van der Waals surface area (Å²) in [7, 11) is 0. The van der Waals surface area contributed by atoms with Crippen molar-refractivity contribution in [2.75, 3.05) is 11.5 Å².